The second kappa shape index (κ2) is 644. The van der Waals surface area contributed by atoms with Gasteiger partial charge in [0.1, 0.15) is 0 Å². The van der Waals surface area contributed by atoms with Crippen LogP contribution in [-0.2, 0) is 67.4 Å². The third-order valence-electron chi connectivity index (χ3n) is 0. The maximum atomic E-state index is 7.75. The zero-order valence-corrected chi connectivity index (χ0v) is 11.9. The average molecular weight is 391 g/mol. The van der Waals surface area contributed by atoms with Gasteiger partial charge in [-0.2, -0.15) is 0 Å². The van der Waals surface area contributed by atoms with Crippen molar-refractivity contribution in [1.29, 1.82) is 0 Å². The van der Waals surface area contributed by atoms with Crippen molar-refractivity contribution in [1.82, 2.24) is 0 Å². The first-order valence-electron chi connectivity index (χ1n) is 2.36. The summed E-state index contributed by atoms with van der Waals surface area (Å²) >= 11 is 0. The third-order valence-corrected chi connectivity index (χ3v) is 0. The molecular formula is C10H10O10Ru-10. The van der Waals surface area contributed by atoms with E-state index in [0.29, 0.717) is 0 Å². The third kappa shape index (κ3) is 568. The Hall–Kier alpha value is -2.68. The van der Waals surface area contributed by atoms with E-state index in [1.165, 1.54) is 0 Å². The van der Waals surface area contributed by atoms with E-state index in [1.54, 1.807) is 0 Å². The van der Waals surface area contributed by atoms with Crippen molar-refractivity contribution >= 4 is 67.9 Å². The van der Waals surface area contributed by atoms with E-state index in [1.807, 2.05) is 0 Å². The van der Waals surface area contributed by atoms with Crippen molar-refractivity contribution in [2.45, 2.75) is 0 Å². The molecule has 11 heteroatoms. The van der Waals surface area contributed by atoms with Gasteiger partial charge in [0.15, 0.2) is 0 Å². The van der Waals surface area contributed by atoms with Crippen LogP contribution in [0.3, 0.4) is 0 Å². The standard InChI is InChI=1S/10CHO.Ru/c10*1-2;/h10*1H;/q10*-1;. The molecule has 0 radical (unpaired) electrons. The molecule has 0 heterocycles. The molecule has 0 aliphatic rings. The van der Waals surface area contributed by atoms with E-state index in [-0.39, 0.29) is 19.5 Å². The summed E-state index contributed by atoms with van der Waals surface area (Å²) < 4.78 is 0. The van der Waals surface area contributed by atoms with Gasteiger partial charge in [0.05, 0.1) is 0 Å². The molecule has 0 aromatic rings. The SMILES string of the molecule is [CH-]=O.[CH-]=O.[CH-]=O.[CH-]=O.[CH-]=O.[CH-]=O.[CH-]=O.[CH-]=O.[CH-]=O.[CH-]=O.[Ru]. The van der Waals surface area contributed by atoms with Crippen LogP contribution in [0.2, 0.25) is 0 Å². The summed E-state index contributed by atoms with van der Waals surface area (Å²) in [6, 6.07) is 0. The summed E-state index contributed by atoms with van der Waals surface area (Å²) in [7, 11) is 0. The smallest absolute Gasteiger partial charge is 0 e. The van der Waals surface area contributed by atoms with Gasteiger partial charge in [0, 0.05) is 19.5 Å². The van der Waals surface area contributed by atoms with Crippen LogP contribution in [0.25, 0.3) is 0 Å². The van der Waals surface area contributed by atoms with E-state index >= 15 is 0 Å². The summed E-state index contributed by atoms with van der Waals surface area (Å²) in [6.45, 7) is 32.5. The Morgan fingerprint density at radius 2 is 0.190 bits per heavy atom. The normalized spacial score (nSPS) is 1.90. The molecule has 0 aliphatic carbocycles. The number of carbonyl (C=O) groups excluding carboxylic acids is 10. The van der Waals surface area contributed by atoms with Gasteiger partial charge in [-0.25, -0.2) is 0 Å². The molecule has 0 saturated carbocycles. The molecule has 0 aromatic heterocycles. The second-order valence-corrected chi connectivity index (χ2v) is 0. The zero-order chi connectivity index (χ0) is 20.0. The van der Waals surface area contributed by atoms with Crippen LogP contribution in [0.5, 0.6) is 0 Å². The van der Waals surface area contributed by atoms with Gasteiger partial charge < -0.3 is 47.9 Å². The fourth-order valence-electron chi connectivity index (χ4n) is 0. The zero-order valence-electron chi connectivity index (χ0n) is 10.2. The van der Waals surface area contributed by atoms with Crippen molar-refractivity contribution in [3.05, 3.63) is 0 Å². The van der Waals surface area contributed by atoms with E-state index in [9.17, 15) is 0 Å². The van der Waals surface area contributed by atoms with Crippen molar-refractivity contribution in [3.8, 4) is 0 Å². The summed E-state index contributed by atoms with van der Waals surface area (Å²) in [6.07, 6.45) is 0. The van der Waals surface area contributed by atoms with Crippen molar-refractivity contribution in [3.63, 3.8) is 0 Å². The van der Waals surface area contributed by atoms with Crippen LogP contribution in [0.15, 0.2) is 0 Å². The van der Waals surface area contributed by atoms with Crippen LogP contribution in [-0.4, -0.2) is 67.9 Å². The largest absolute Gasteiger partial charge is 0.545 e. The van der Waals surface area contributed by atoms with Crippen molar-refractivity contribution < 1.29 is 67.4 Å². The average Bonchev–Trinajstić information content (AvgIpc) is 2.71. The van der Waals surface area contributed by atoms with Crippen molar-refractivity contribution in [2.24, 2.45) is 0 Å². The topological polar surface area (TPSA) is 171 Å². The molecule has 0 saturated heterocycles. The second-order valence-electron chi connectivity index (χ2n) is 0. The Morgan fingerprint density at radius 1 is 0.190 bits per heavy atom. The molecule has 128 valence electrons. The monoisotopic (exact) mass is 392 g/mol. The molecule has 0 amide bonds. The van der Waals surface area contributed by atoms with Gasteiger partial charge >= 0.3 is 0 Å². The molecule has 0 spiro atoms. The van der Waals surface area contributed by atoms with Crippen LogP contribution < -0.4 is 0 Å². The Bertz CT molecular complexity index is 59.0. The fourth-order valence-corrected chi connectivity index (χ4v) is 0. The molecule has 0 atom stereocenters. The molecule has 0 fully saturated rings. The van der Waals surface area contributed by atoms with Gasteiger partial charge in [0.25, 0.3) is 0 Å². The quantitative estimate of drug-likeness (QED) is 0.240. The predicted octanol–water partition coefficient (Wildman–Crippen LogP) is -2.74. The fraction of sp³-hybridized carbons (Fsp3) is 0. The minimum atomic E-state index is 0. The number of hydrogen-bond acceptors (Lipinski definition) is 10. The Kier molecular flexibility index (Phi) is 3150. The Labute approximate surface area is 136 Å². The minimum Gasteiger partial charge on any atom is -0.545 e. The summed E-state index contributed by atoms with van der Waals surface area (Å²) in [5, 5.41) is 0. The van der Waals surface area contributed by atoms with Gasteiger partial charge in [-0.1, -0.05) is 0 Å². The van der Waals surface area contributed by atoms with Crippen LogP contribution in [0.1, 0.15) is 0 Å². The van der Waals surface area contributed by atoms with Gasteiger partial charge in [0.2, 0.25) is 0 Å². The minimum absolute atomic E-state index is 0. The van der Waals surface area contributed by atoms with Crippen LogP contribution in [0, 0.1) is 0 Å². The van der Waals surface area contributed by atoms with E-state index in [0.717, 1.165) is 0 Å². The molecule has 0 unspecified atom stereocenters. The summed E-state index contributed by atoms with van der Waals surface area (Å²) in [5.41, 5.74) is 0. The first kappa shape index (κ1) is 103. The molecule has 0 rings (SSSR count). The first-order chi connectivity index (χ1) is 10.0. The molecule has 10 nitrogen and oxygen atoms in total. The van der Waals surface area contributed by atoms with E-state index < -0.39 is 0 Å². The first-order valence-corrected chi connectivity index (χ1v) is 2.36. The van der Waals surface area contributed by atoms with Gasteiger partial charge in [-0.15, -0.1) is 0 Å². The number of rotatable bonds is 0. The van der Waals surface area contributed by atoms with Crippen molar-refractivity contribution in [2.75, 3.05) is 0 Å². The molecule has 0 aliphatic heterocycles. The Balaban J connectivity index is -0.00000000585. The van der Waals surface area contributed by atoms with Gasteiger partial charge in [-0.3, -0.25) is 67.9 Å². The molecule has 0 aromatic carbocycles. The molecule has 21 heavy (non-hydrogen) atoms. The van der Waals surface area contributed by atoms with Gasteiger partial charge in [-0.05, 0) is 0 Å². The maximum absolute atomic E-state index is 7.75. The summed E-state index contributed by atoms with van der Waals surface area (Å²) in [5.74, 6) is 0. The predicted molar refractivity (Wildman–Crippen MR) is 67.5 cm³/mol. The molecular weight excluding hydrogens is 381 g/mol. The molecule has 0 N–H and O–H groups in total. The molecule has 0 bridgehead atoms. The maximum Gasteiger partial charge on any atom is 0 e. The van der Waals surface area contributed by atoms with E-state index in [2.05, 4.69) is 67.9 Å². The van der Waals surface area contributed by atoms with Crippen LogP contribution >= 0.6 is 0 Å². The number of hydrogen-bond donors (Lipinski definition) is 0. The van der Waals surface area contributed by atoms with E-state index in [4.69, 9.17) is 47.9 Å². The summed E-state index contributed by atoms with van der Waals surface area (Å²) in [4.78, 5) is 77.5. The van der Waals surface area contributed by atoms with Crippen LogP contribution in [0.4, 0.5) is 0 Å². The Morgan fingerprint density at radius 3 is 0.190 bits per heavy atom.